The molecule has 0 bridgehead atoms. The maximum atomic E-state index is 13.7. The number of hydrogen-bond donors (Lipinski definition) is 1. The van der Waals surface area contributed by atoms with Crippen molar-refractivity contribution in [3.8, 4) is 0 Å². The molecular formula is C18H15F2NO3. The summed E-state index contributed by atoms with van der Waals surface area (Å²) in [5, 5.41) is 0. The molecule has 0 saturated heterocycles. The normalized spacial score (nSPS) is 18.9. The number of ether oxygens (including phenoxy) is 1. The first-order valence-corrected chi connectivity index (χ1v) is 7.46. The second kappa shape index (κ2) is 6.39. The number of halogens is 2. The molecule has 1 amide bonds. The topological polar surface area (TPSA) is 69.4 Å². The molecule has 2 N–H and O–H groups in total. The maximum absolute atomic E-state index is 13.7. The Morgan fingerprint density at radius 3 is 2.67 bits per heavy atom. The van der Waals surface area contributed by atoms with Crippen molar-refractivity contribution in [2.75, 3.05) is 0 Å². The smallest absolute Gasteiger partial charge is 0.309 e. The zero-order valence-electron chi connectivity index (χ0n) is 12.7. The molecule has 0 unspecified atom stereocenters. The van der Waals surface area contributed by atoms with E-state index in [1.54, 1.807) is 24.3 Å². The van der Waals surface area contributed by atoms with E-state index in [1.807, 2.05) is 0 Å². The van der Waals surface area contributed by atoms with Crippen LogP contribution in [0.2, 0.25) is 0 Å². The van der Waals surface area contributed by atoms with E-state index in [4.69, 9.17) is 10.5 Å². The Hall–Kier alpha value is -2.76. The highest BCUT2D eigenvalue weighted by molar-refractivity contribution is 5.92. The number of primary amides is 1. The number of carbonyl (C=O) groups is 2. The monoisotopic (exact) mass is 331 g/mol. The number of rotatable bonds is 5. The molecule has 2 aromatic rings. The molecule has 6 heteroatoms. The van der Waals surface area contributed by atoms with Gasteiger partial charge < -0.3 is 10.5 Å². The minimum Gasteiger partial charge on any atom is -0.461 e. The van der Waals surface area contributed by atoms with Crippen molar-refractivity contribution in [2.45, 2.75) is 18.9 Å². The van der Waals surface area contributed by atoms with Crippen LogP contribution in [0, 0.1) is 17.6 Å². The van der Waals surface area contributed by atoms with E-state index in [2.05, 4.69) is 0 Å². The molecule has 124 valence electrons. The predicted octanol–water partition coefficient (Wildman–Crippen LogP) is 2.91. The zero-order valence-corrected chi connectivity index (χ0v) is 12.7. The molecular weight excluding hydrogens is 316 g/mol. The van der Waals surface area contributed by atoms with Gasteiger partial charge in [0.1, 0.15) is 6.61 Å². The third kappa shape index (κ3) is 3.27. The second-order valence-electron chi connectivity index (χ2n) is 5.76. The maximum Gasteiger partial charge on any atom is 0.309 e. The molecule has 1 saturated carbocycles. The van der Waals surface area contributed by atoms with Crippen LogP contribution in [0.1, 0.15) is 33.8 Å². The Morgan fingerprint density at radius 1 is 1.17 bits per heavy atom. The number of amides is 1. The Labute approximate surface area is 137 Å². The first-order valence-electron chi connectivity index (χ1n) is 7.46. The van der Waals surface area contributed by atoms with Gasteiger partial charge in [0, 0.05) is 11.5 Å². The highest BCUT2D eigenvalue weighted by Crippen LogP contribution is 2.49. The predicted molar refractivity (Wildman–Crippen MR) is 82.0 cm³/mol. The third-order valence-corrected chi connectivity index (χ3v) is 4.07. The van der Waals surface area contributed by atoms with Crippen molar-refractivity contribution in [2.24, 2.45) is 11.7 Å². The summed E-state index contributed by atoms with van der Waals surface area (Å²) < 4.78 is 32.2. The van der Waals surface area contributed by atoms with Crippen molar-refractivity contribution in [3.05, 3.63) is 70.8 Å². The largest absolute Gasteiger partial charge is 0.461 e. The van der Waals surface area contributed by atoms with Crippen LogP contribution in [0.3, 0.4) is 0 Å². The van der Waals surface area contributed by atoms with Gasteiger partial charge in [-0.1, -0.05) is 24.3 Å². The van der Waals surface area contributed by atoms with Gasteiger partial charge in [0.2, 0.25) is 5.91 Å². The molecule has 1 aliphatic carbocycles. The molecule has 0 radical (unpaired) electrons. The van der Waals surface area contributed by atoms with Crippen LogP contribution in [-0.2, 0) is 16.1 Å². The van der Waals surface area contributed by atoms with Crippen molar-refractivity contribution in [3.63, 3.8) is 0 Å². The van der Waals surface area contributed by atoms with Crippen LogP contribution in [0.15, 0.2) is 42.5 Å². The number of carbonyl (C=O) groups excluding carboxylic acids is 2. The first kappa shape index (κ1) is 16.1. The van der Waals surface area contributed by atoms with Crippen LogP contribution < -0.4 is 5.73 Å². The summed E-state index contributed by atoms with van der Waals surface area (Å²) in [6, 6.07) is 10.4. The fourth-order valence-electron chi connectivity index (χ4n) is 2.68. The molecule has 3 rings (SSSR count). The summed E-state index contributed by atoms with van der Waals surface area (Å²) in [4.78, 5) is 23.2. The van der Waals surface area contributed by atoms with Crippen LogP contribution in [0.4, 0.5) is 8.78 Å². The standard InChI is InChI=1S/C18H15F2NO3/c19-15-6-2-5-12(16(15)20)13-8-14(13)18(23)24-9-10-3-1-4-11(7-10)17(21)22/h1-7,13-14H,8-9H2,(H2,21,22)/t13-,14-/m1/s1. The molecule has 24 heavy (non-hydrogen) atoms. The van der Waals surface area contributed by atoms with Crippen LogP contribution >= 0.6 is 0 Å². The minimum absolute atomic E-state index is 0.00515. The van der Waals surface area contributed by atoms with Gasteiger partial charge in [-0.25, -0.2) is 8.78 Å². The molecule has 2 aromatic carbocycles. The average molecular weight is 331 g/mol. The zero-order chi connectivity index (χ0) is 17.3. The van der Waals surface area contributed by atoms with Gasteiger partial charge in [0.15, 0.2) is 11.6 Å². The van der Waals surface area contributed by atoms with E-state index in [-0.39, 0.29) is 18.1 Å². The van der Waals surface area contributed by atoms with Crippen molar-refractivity contribution < 1.29 is 23.1 Å². The van der Waals surface area contributed by atoms with Gasteiger partial charge in [-0.2, -0.15) is 0 Å². The van der Waals surface area contributed by atoms with Gasteiger partial charge in [-0.05, 0) is 35.7 Å². The van der Waals surface area contributed by atoms with Gasteiger partial charge in [0.05, 0.1) is 5.92 Å². The summed E-state index contributed by atoms with van der Waals surface area (Å²) in [7, 11) is 0. The van der Waals surface area contributed by atoms with Crippen LogP contribution in [0.5, 0.6) is 0 Å². The fraction of sp³-hybridized carbons (Fsp3) is 0.222. The summed E-state index contributed by atoms with van der Waals surface area (Å²) >= 11 is 0. The Morgan fingerprint density at radius 2 is 1.92 bits per heavy atom. The number of esters is 1. The van der Waals surface area contributed by atoms with Gasteiger partial charge in [-0.3, -0.25) is 9.59 Å². The van der Waals surface area contributed by atoms with Crippen molar-refractivity contribution >= 4 is 11.9 Å². The number of benzene rings is 2. The van der Waals surface area contributed by atoms with E-state index in [0.29, 0.717) is 17.5 Å². The third-order valence-electron chi connectivity index (χ3n) is 4.07. The van der Waals surface area contributed by atoms with Gasteiger partial charge in [0.25, 0.3) is 0 Å². The highest BCUT2D eigenvalue weighted by Gasteiger charge is 2.46. The lowest BCUT2D eigenvalue weighted by Gasteiger charge is -2.06. The Balaban J connectivity index is 1.60. The molecule has 4 nitrogen and oxygen atoms in total. The SMILES string of the molecule is NC(=O)c1cccc(COC(=O)[C@@H]2C[C@@H]2c2cccc(F)c2F)c1. The molecule has 0 aliphatic heterocycles. The van der Waals surface area contributed by atoms with Crippen LogP contribution in [-0.4, -0.2) is 11.9 Å². The van der Waals surface area contributed by atoms with Gasteiger partial charge in [-0.15, -0.1) is 0 Å². The summed E-state index contributed by atoms with van der Waals surface area (Å²) in [5.41, 5.74) is 6.36. The molecule has 1 aliphatic rings. The molecule has 0 aromatic heterocycles. The summed E-state index contributed by atoms with van der Waals surface area (Å²) in [5.74, 6) is -3.69. The fourth-order valence-corrected chi connectivity index (χ4v) is 2.68. The number of nitrogens with two attached hydrogens (primary N) is 1. The Bertz CT molecular complexity index is 807. The molecule has 2 atom stereocenters. The van der Waals surface area contributed by atoms with E-state index >= 15 is 0 Å². The van der Waals surface area contributed by atoms with E-state index < -0.39 is 29.4 Å². The molecule has 0 heterocycles. The quantitative estimate of drug-likeness (QED) is 0.857. The van der Waals surface area contributed by atoms with Gasteiger partial charge >= 0.3 is 5.97 Å². The minimum atomic E-state index is -0.921. The van der Waals surface area contributed by atoms with E-state index in [9.17, 15) is 18.4 Å². The molecule has 1 fully saturated rings. The lowest BCUT2D eigenvalue weighted by atomic mass is 10.1. The average Bonchev–Trinajstić information content (AvgIpc) is 3.36. The lowest BCUT2D eigenvalue weighted by Crippen LogP contribution is -2.12. The van der Waals surface area contributed by atoms with Crippen molar-refractivity contribution in [1.82, 2.24) is 0 Å². The Kier molecular flexibility index (Phi) is 4.29. The summed E-state index contributed by atoms with van der Waals surface area (Å²) in [6.45, 7) is -0.00515. The first-order chi connectivity index (χ1) is 11.5. The van der Waals surface area contributed by atoms with Crippen molar-refractivity contribution in [1.29, 1.82) is 0 Å². The highest BCUT2D eigenvalue weighted by atomic mass is 19.2. The van der Waals surface area contributed by atoms with E-state index in [1.165, 1.54) is 12.1 Å². The number of hydrogen-bond acceptors (Lipinski definition) is 3. The van der Waals surface area contributed by atoms with E-state index in [0.717, 1.165) is 6.07 Å². The lowest BCUT2D eigenvalue weighted by molar-refractivity contribution is -0.146. The van der Waals surface area contributed by atoms with Crippen LogP contribution in [0.25, 0.3) is 0 Å². The second-order valence-corrected chi connectivity index (χ2v) is 5.76. The molecule has 0 spiro atoms. The summed E-state index contributed by atoms with van der Waals surface area (Å²) in [6.07, 6.45) is 0.431.